The van der Waals surface area contributed by atoms with Crippen LogP contribution in [0, 0.1) is 0 Å². The van der Waals surface area contributed by atoms with Gasteiger partial charge in [-0.1, -0.05) is 43.7 Å². The van der Waals surface area contributed by atoms with Gasteiger partial charge in [-0.15, -0.1) is 0 Å². The van der Waals surface area contributed by atoms with E-state index in [1.165, 1.54) is 0 Å². The van der Waals surface area contributed by atoms with E-state index in [0.29, 0.717) is 6.42 Å². The molecule has 1 amide bonds. The Morgan fingerprint density at radius 3 is 2.33 bits per heavy atom. The van der Waals surface area contributed by atoms with Crippen molar-refractivity contribution >= 4 is 11.9 Å². The summed E-state index contributed by atoms with van der Waals surface area (Å²) in [6.45, 7) is 7.42. The lowest BCUT2D eigenvalue weighted by atomic mass is 9.99. The highest BCUT2D eigenvalue weighted by Gasteiger charge is 2.25. The molecule has 4 heteroatoms. The lowest BCUT2D eigenvalue weighted by Gasteiger charge is -2.23. The van der Waals surface area contributed by atoms with Gasteiger partial charge in [0.2, 0.25) is 0 Å². The molecule has 21 heavy (non-hydrogen) atoms. The lowest BCUT2D eigenvalue weighted by Crippen LogP contribution is -2.38. The van der Waals surface area contributed by atoms with Crippen molar-refractivity contribution in [1.82, 2.24) is 5.32 Å². The minimum absolute atomic E-state index is 0.00825. The van der Waals surface area contributed by atoms with Crippen LogP contribution in [0.15, 0.2) is 30.3 Å². The van der Waals surface area contributed by atoms with Crippen molar-refractivity contribution in [3.8, 4) is 0 Å². The van der Waals surface area contributed by atoms with Crippen LogP contribution in [-0.2, 0) is 9.53 Å². The van der Waals surface area contributed by atoms with Gasteiger partial charge >= 0.3 is 6.09 Å². The topological polar surface area (TPSA) is 55.4 Å². The Morgan fingerprint density at radius 2 is 1.81 bits per heavy atom. The number of carbonyl (C=O) groups excluding carboxylic acids is 2. The van der Waals surface area contributed by atoms with Crippen molar-refractivity contribution in [3.63, 3.8) is 0 Å². The van der Waals surface area contributed by atoms with E-state index in [0.717, 1.165) is 18.4 Å². The molecule has 0 unspecified atom stereocenters. The number of alkyl carbamates (subject to hydrolysis) is 1. The Kier molecular flexibility index (Phi) is 6.40. The van der Waals surface area contributed by atoms with Crippen molar-refractivity contribution in [2.45, 2.75) is 58.6 Å². The summed E-state index contributed by atoms with van der Waals surface area (Å²) < 4.78 is 5.24. The summed E-state index contributed by atoms with van der Waals surface area (Å²) >= 11 is 0. The Labute approximate surface area is 126 Å². The number of ketones is 1. The van der Waals surface area contributed by atoms with Crippen LogP contribution in [0.3, 0.4) is 0 Å². The molecule has 1 N–H and O–H groups in total. The number of unbranched alkanes of at least 4 members (excludes halogenated alkanes) is 1. The highest BCUT2D eigenvalue weighted by molar-refractivity contribution is 5.88. The molecule has 0 aromatic heterocycles. The maximum absolute atomic E-state index is 12.3. The third-order valence-electron chi connectivity index (χ3n) is 2.89. The monoisotopic (exact) mass is 291 g/mol. The van der Waals surface area contributed by atoms with E-state index in [9.17, 15) is 9.59 Å². The van der Waals surface area contributed by atoms with E-state index < -0.39 is 17.7 Å². The van der Waals surface area contributed by atoms with Gasteiger partial charge in [-0.25, -0.2) is 4.79 Å². The molecule has 1 rings (SSSR count). The van der Waals surface area contributed by atoms with Crippen molar-refractivity contribution < 1.29 is 14.3 Å². The van der Waals surface area contributed by atoms with E-state index in [-0.39, 0.29) is 5.78 Å². The Hall–Kier alpha value is -1.84. The van der Waals surface area contributed by atoms with Crippen LogP contribution in [0.5, 0.6) is 0 Å². The molecular weight excluding hydrogens is 266 g/mol. The Morgan fingerprint density at radius 1 is 1.19 bits per heavy atom. The number of carbonyl (C=O) groups is 2. The summed E-state index contributed by atoms with van der Waals surface area (Å²) in [4.78, 5) is 24.3. The summed E-state index contributed by atoms with van der Waals surface area (Å²) in [7, 11) is 0. The smallest absolute Gasteiger partial charge is 0.408 e. The average molecular weight is 291 g/mol. The fourth-order valence-electron chi connectivity index (χ4n) is 1.92. The van der Waals surface area contributed by atoms with E-state index >= 15 is 0 Å². The summed E-state index contributed by atoms with van der Waals surface area (Å²) in [6, 6.07) is 8.62. The number of benzene rings is 1. The van der Waals surface area contributed by atoms with Crippen molar-refractivity contribution in [2.75, 3.05) is 0 Å². The fourth-order valence-corrected chi connectivity index (χ4v) is 1.92. The first-order valence-corrected chi connectivity index (χ1v) is 7.40. The van der Waals surface area contributed by atoms with Crippen molar-refractivity contribution in [3.05, 3.63) is 35.9 Å². The van der Waals surface area contributed by atoms with Gasteiger partial charge in [0.15, 0.2) is 5.78 Å². The molecule has 116 valence electrons. The molecule has 0 bridgehead atoms. The molecule has 1 aromatic rings. The van der Waals surface area contributed by atoms with E-state index in [4.69, 9.17) is 4.74 Å². The molecular formula is C17H25NO3. The molecule has 0 radical (unpaired) electrons. The van der Waals surface area contributed by atoms with Gasteiger partial charge < -0.3 is 10.1 Å². The number of ether oxygens (including phenoxy) is 1. The maximum atomic E-state index is 12.3. The van der Waals surface area contributed by atoms with E-state index in [1.54, 1.807) is 20.8 Å². The van der Waals surface area contributed by atoms with Gasteiger partial charge in [0, 0.05) is 6.42 Å². The average Bonchev–Trinajstić information content (AvgIpc) is 2.41. The van der Waals surface area contributed by atoms with Crippen LogP contribution in [0.4, 0.5) is 4.79 Å². The Balaban J connectivity index is 2.82. The van der Waals surface area contributed by atoms with Crippen LogP contribution >= 0.6 is 0 Å². The molecule has 0 saturated carbocycles. The summed E-state index contributed by atoms with van der Waals surface area (Å²) in [5.41, 5.74) is 0.196. The third-order valence-corrected chi connectivity index (χ3v) is 2.89. The van der Waals surface area contributed by atoms with Gasteiger partial charge in [0.05, 0.1) is 0 Å². The lowest BCUT2D eigenvalue weighted by molar-refractivity contribution is -0.121. The van der Waals surface area contributed by atoms with Crippen LogP contribution in [0.25, 0.3) is 0 Å². The zero-order valence-electron chi connectivity index (χ0n) is 13.3. The molecule has 1 atom stereocenters. The molecule has 0 saturated heterocycles. The second kappa shape index (κ2) is 7.81. The molecule has 1 aromatic carbocycles. The van der Waals surface area contributed by atoms with Gasteiger partial charge in [-0.05, 0) is 32.8 Å². The molecule has 0 aliphatic carbocycles. The second-order valence-corrected chi connectivity index (χ2v) is 6.06. The minimum Gasteiger partial charge on any atom is -0.444 e. The molecule has 4 nitrogen and oxygen atoms in total. The predicted octanol–water partition coefficient (Wildman–Crippen LogP) is 4.01. The summed E-state index contributed by atoms with van der Waals surface area (Å²) in [5.74, 6) is 0.00825. The van der Waals surface area contributed by atoms with E-state index in [1.807, 2.05) is 37.3 Å². The van der Waals surface area contributed by atoms with Crippen molar-refractivity contribution in [1.29, 1.82) is 0 Å². The summed E-state index contributed by atoms with van der Waals surface area (Å²) in [6.07, 6.45) is 1.64. The number of hydrogen-bond donors (Lipinski definition) is 1. The molecule has 0 aliphatic rings. The van der Waals surface area contributed by atoms with Crippen LogP contribution < -0.4 is 5.32 Å². The molecule has 0 fully saturated rings. The molecule has 0 aliphatic heterocycles. The predicted molar refractivity (Wildman–Crippen MR) is 83.1 cm³/mol. The largest absolute Gasteiger partial charge is 0.444 e. The molecule has 0 heterocycles. The SMILES string of the molecule is CCCCC(=O)[C@H](NC(=O)OC(C)(C)C)c1ccccc1. The normalized spacial score (nSPS) is 12.6. The quantitative estimate of drug-likeness (QED) is 0.861. The van der Waals surface area contributed by atoms with Crippen LogP contribution in [0.2, 0.25) is 0 Å². The van der Waals surface area contributed by atoms with Gasteiger partial charge in [-0.3, -0.25) is 4.79 Å². The van der Waals surface area contributed by atoms with E-state index in [2.05, 4.69) is 5.32 Å². The highest BCUT2D eigenvalue weighted by atomic mass is 16.6. The van der Waals surface area contributed by atoms with Gasteiger partial charge in [0.1, 0.15) is 11.6 Å². The number of nitrogens with one attached hydrogen (secondary N) is 1. The number of amides is 1. The first-order chi connectivity index (χ1) is 9.83. The minimum atomic E-state index is -0.646. The fraction of sp³-hybridized carbons (Fsp3) is 0.529. The first-order valence-electron chi connectivity index (χ1n) is 7.40. The maximum Gasteiger partial charge on any atom is 0.408 e. The van der Waals surface area contributed by atoms with Gasteiger partial charge in [0.25, 0.3) is 0 Å². The Bertz CT molecular complexity index is 463. The van der Waals surface area contributed by atoms with Gasteiger partial charge in [-0.2, -0.15) is 0 Å². The highest BCUT2D eigenvalue weighted by Crippen LogP contribution is 2.18. The van der Waals surface area contributed by atoms with Crippen LogP contribution in [-0.4, -0.2) is 17.5 Å². The first kappa shape index (κ1) is 17.2. The number of rotatable bonds is 6. The van der Waals surface area contributed by atoms with Crippen molar-refractivity contribution in [2.24, 2.45) is 0 Å². The number of hydrogen-bond acceptors (Lipinski definition) is 3. The molecule has 0 spiro atoms. The third kappa shape index (κ3) is 6.43. The zero-order valence-corrected chi connectivity index (χ0v) is 13.3. The second-order valence-electron chi connectivity index (χ2n) is 6.06. The standard InChI is InChI=1S/C17H25NO3/c1-5-6-12-14(19)15(13-10-8-7-9-11-13)18-16(20)21-17(2,3)4/h7-11,15H,5-6,12H2,1-4H3,(H,18,20)/t15-/m1/s1. The summed E-state index contributed by atoms with van der Waals surface area (Å²) in [5, 5.41) is 2.69. The zero-order chi connectivity index (χ0) is 15.9. The number of Topliss-reactive ketones (excluding diaryl/α,β-unsaturated/α-hetero) is 1. The van der Waals surface area contributed by atoms with Crippen LogP contribution in [0.1, 0.15) is 58.6 Å².